The minimum atomic E-state index is -0.176. The van der Waals surface area contributed by atoms with E-state index in [1.54, 1.807) is 18.7 Å². The zero-order valence-electron chi connectivity index (χ0n) is 6.39. The maximum absolute atomic E-state index is 10.7. The van der Waals surface area contributed by atoms with E-state index in [0.29, 0.717) is 0 Å². The average molecular weight is 162 g/mol. The zero-order valence-corrected chi connectivity index (χ0v) is 7.20. The van der Waals surface area contributed by atoms with Gasteiger partial charge in [-0.2, -0.15) is 11.8 Å². The molecule has 0 saturated heterocycles. The summed E-state index contributed by atoms with van der Waals surface area (Å²) in [7, 11) is 0. The number of carbonyl (C=O) groups excluding carboxylic acids is 1. The summed E-state index contributed by atoms with van der Waals surface area (Å²) in [5, 5.41) is 0. The third kappa shape index (κ3) is 3.87. The van der Waals surface area contributed by atoms with Crippen LogP contribution in [0.4, 0.5) is 0 Å². The minimum absolute atomic E-state index is 0.100. The Balaban J connectivity index is 3.50. The molecule has 0 aromatic heterocycles. The number of carbonyl (C=O) groups is 1. The summed E-state index contributed by atoms with van der Waals surface area (Å²) < 4.78 is 0. The Labute approximate surface area is 65.7 Å². The van der Waals surface area contributed by atoms with E-state index < -0.39 is 0 Å². The van der Waals surface area contributed by atoms with Crippen LogP contribution in [0.25, 0.3) is 0 Å². The number of hydrogen-bond acceptors (Lipinski definition) is 4. The summed E-state index contributed by atoms with van der Waals surface area (Å²) in [5.74, 6) is 7.02. The van der Waals surface area contributed by atoms with Crippen molar-refractivity contribution in [1.82, 2.24) is 5.43 Å². The number of ketones is 1. The van der Waals surface area contributed by atoms with E-state index in [2.05, 4.69) is 12.3 Å². The van der Waals surface area contributed by atoms with Crippen LogP contribution in [-0.2, 0) is 4.79 Å². The molecule has 0 amide bonds. The molecule has 0 saturated carbocycles. The molecule has 0 spiro atoms. The van der Waals surface area contributed by atoms with Crippen molar-refractivity contribution in [2.45, 2.75) is 19.9 Å². The van der Waals surface area contributed by atoms with Gasteiger partial charge in [-0.15, -0.1) is 0 Å². The molecule has 0 aliphatic rings. The highest BCUT2D eigenvalue weighted by Crippen LogP contribution is 2.01. The second-order valence-corrected chi connectivity index (χ2v) is 3.31. The summed E-state index contributed by atoms with van der Waals surface area (Å²) in [6, 6.07) is -0.176. The van der Waals surface area contributed by atoms with Gasteiger partial charge in [0, 0.05) is 5.75 Å². The summed E-state index contributed by atoms with van der Waals surface area (Å²) in [6.07, 6.45) is 0. The molecule has 0 aliphatic heterocycles. The predicted octanol–water partition coefficient (Wildman–Crippen LogP) is 0.160. The normalized spacial score (nSPS) is 13.1. The molecule has 1 unspecified atom stereocenters. The van der Waals surface area contributed by atoms with Crippen LogP contribution in [0.3, 0.4) is 0 Å². The van der Waals surface area contributed by atoms with Crippen molar-refractivity contribution in [3.05, 3.63) is 0 Å². The smallest absolute Gasteiger partial charge is 0.148 e. The number of nitrogens with one attached hydrogen (secondary N) is 1. The molecule has 3 N–H and O–H groups in total. The molecule has 3 nitrogen and oxygen atoms in total. The van der Waals surface area contributed by atoms with Crippen LogP contribution >= 0.6 is 11.8 Å². The summed E-state index contributed by atoms with van der Waals surface area (Å²) in [6.45, 7) is 3.60. The fourth-order valence-electron chi connectivity index (χ4n) is 0.519. The van der Waals surface area contributed by atoms with Crippen LogP contribution in [0.2, 0.25) is 0 Å². The van der Waals surface area contributed by atoms with Gasteiger partial charge in [0.05, 0.1) is 6.04 Å². The van der Waals surface area contributed by atoms with E-state index >= 15 is 0 Å². The molecule has 0 rings (SSSR count). The van der Waals surface area contributed by atoms with Crippen molar-refractivity contribution < 1.29 is 4.79 Å². The topological polar surface area (TPSA) is 55.1 Å². The number of hydrogen-bond donors (Lipinski definition) is 2. The van der Waals surface area contributed by atoms with E-state index in [-0.39, 0.29) is 11.8 Å². The molecule has 60 valence electrons. The lowest BCUT2D eigenvalue weighted by molar-refractivity contribution is -0.118. The van der Waals surface area contributed by atoms with Crippen LogP contribution in [0.1, 0.15) is 13.8 Å². The Morgan fingerprint density at radius 3 is 2.70 bits per heavy atom. The third-order valence-electron chi connectivity index (χ3n) is 1.18. The molecule has 0 fully saturated rings. The number of nitrogens with two attached hydrogens (primary N) is 1. The highest BCUT2D eigenvalue weighted by atomic mass is 32.2. The van der Waals surface area contributed by atoms with Gasteiger partial charge < -0.3 is 0 Å². The van der Waals surface area contributed by atoms with Crippen molar-refractivity contribution in [3.8, 4) is 0 Å². The first-order valence-corrected chi connectivity index (χ1v) is 4.42. The van der Waals surface area contributed by atoms with Gasteiger partial charge in [0.2, 0.25) is 0 Å². The first-order valence-electron chi connectivity index (χ1n) is 3.26. The Kier molecular flexibility index (Phi) is 5.67. The summed E-state index contributed by atoms with van der Waals surface area (Å²) >= 11 is 1.71. The summed E-state index contributed by atoms with van der Waals surface area (Å²) in [4.78, 5) is 10.7. The van der Waals surface area contributed by atoms with Gasteiger partial charge in [0.15, 0.2) is 0 Å². The second-order valence-electron chi connectivity index (χ2n) is 1.99. The van der Waals surface area contributed by atoms with Gasteiger partial charge in [-0.1, -0.05) is 6.92 Å². The fraction of sp³-hybridized carbons (Fsp3) is 0.833. The largest absolute Gasteiger partial charge is 0.298 e. The number of thioether (sulfide) groups is 1. The van der Waals surface area contributed by atoms with Crippen LogP contribution in [-0.4, -0.2) is 23.3 Å². The first-order chi connectivity index (χ1) is 4.72. The van der Waals surface area contributed by atoms with E-state index in [1.165, 1.54) is 0 Å². The number of hydrazine groups is 1. The van der Waals surface area contributed by atoms with Crippen molar-refractivity contribution >= 4 is 17.5 Å². The predicted molar refractivity (Wildman–Crippen MR) is 44.8 cm³/mol. The van der Waals surface area contributed by atoms with Crippen LogP contribution in [0.15, 0.2) is 0 Å². The maximum atomic E-state index is 10.7. The summed E-state index contributed by atoms with van der Waals surface area (Å²) in [5.41, 5.74) is 2.47. The minimum Gasteiger partial charge on any atom is -0.298 e. The molecule has 4 heteroatoms. The van der Waals surface area contributed by atoms with E-state index in [1.807, 2.05) is 0 Å². The van der Waals surface area contributed by atoms with Gasteiger partial charge in [0.25, 0.3) is 0 Å². The molecule has 0 aliphatic carbocycles. The van der Waals surface area contributed by atoms with E-state index in [0.717, 1.165) is 11.5 Å². The zero-order chi connectivity index (χ0) is 7.98. The molecular formula is C6H14N2OS. The molecular weight excluding hydrogens is 148 g/mol. The van der Waals surface area contributed by atoms with Gasteiger partial charge in [-0.05, 0) is 12.7 Å². The third-order valence-corrected chi connectivity index (χ3v) is 2.16. The Morgan fingerprint density at radius 2 is 2.40 bits per heavy atom. The van der Waals surface area contributed by atoms with Crippen molar-refractivity contribution in [2.24, 2.45) is 5.84 Å². The molecule has 0 aromatic rings. The lowest BCUT2D eigenvalue weighted by Crippen LogP contribution is -2.42. The molecule has 10 heavy (non-hydrogen) atoms. The molecule has 0 heterocycles. The van der Waals surface area contributed by atoms with E-state index in [4.69, 9.17) is 5.84 Å². The molecule has 1 atom stereocenters. The van der Waals surface area contributed by atoms with E-state index in [9.17, 15) is 4.79 Å². The van der Waals surface area contributed by atoms with Crippen LogP contribution in [0, 0.1) is 0 Å². The van der Waals surface area contributed by atoms with Gasteiger partial charge in [-0.3, -0.25) is 10.6 Å². The molecule has 0 radical (unpaired) electrons. The number of rotatable bonds is 5. The Bertz CT molecular complexity index is 108. The fourth-order valence-corrected chi connectivity index (χ4v) is 1.32. The maximum Gasteiger partial charge on any atom is 0.148 e. The molecule has 0 bridgehead atoms. The lowest BCUT2D eigenvalue weighted by Gasteiger charge is -2.09. The van der Waals surface area contributed by atoms with Crippen LogP contribution in [0.5, 0.6) is 0 Å². The Hall–Kier alpha value is -0.0600. The Morgan fingerprint density at radius 1 is 1.80 bits per heavy atom. The quantitative estimate of drug-likeness (QED) is 0.446. The van der Waals surface area contributed by atoms with Gasteiger partial charge in [-0.25, -0.2) is 5.43 Å². The SMILES string of the molecule is CCSCC(NN)C(C)=O. The van der Waals surface area contributed by atoms with Gasteiger partial charge >= 0.3 is 0 Å². The van der Waals surface area contributed by atoms with Crippen molar-refractivity contribution in [2.75, 3.05) is 11.5 Å². The second kappa shape index (κ2) is 5.70. The standard InChI is InChI=1S/C6H14N2OS/c1-3-10-4-6(8-7)5(2)9/h6,8H,3-4,7H2,1-2H3. The monoisotopic (exact) mass is 162 g/mol. The highest BCUT2D eigenvalue weighted by Gasteiger charge is 2.09. The van der Waals surface area contributed by atoms with Crippen molar-refractivity contribution in [1.29, 1.82) is 0 Å². The number of Topliss-reactive ketones (excluding diaryl/α,β-unsaturated/α-hetero) is 1. The first kappa shape index (κ1) is 9.94. The average Bonchev–Trinajstić information content (AvgIpc) is 1.89. The van der Waals surface area contributed by atoms with Gasteiger partial charge in [0.1, 0.15) is 5.78 Å². The van der Waals surface area contributed by atoms with Crippen molar-refractivity contribution in [3.63, 3.8) is 0 Å². The molecule has 0 aromatic carbocycles. The van der Waals surface area contributed by atoms with Crippen LogP contribution < -0.4 is 11.3 Å². The lowest BCUT2D eigenvalue weighted by atomic mass is 10.2. The highest BCUT2D eigenvalue weighted by molar-refractivity contribution is 7.99.